The second-order valence-electron chi connectivity index (χ2n) is 5.85. The molecule has 1 atom stereocenters. The first kappa shape index (κ1) is 18.2. The number of carbonyl (C=O) groups excluding carboxylic acids is 2. The molecule has 0 spiro atoms. The molecule has 140 valence electrons. The van der Waals surface area contributed by atoms with Crippen LogP contribution in [0, 0.1) is 0 Å². The second kappa shape index (κ2) is 7.77. The first-order chi connectivity index (χ1) is 13.0. The van der Waals surface area contributed by atoms with Crippen molar-refractivity contribution in [1.82, 2.24) is 15.6 Å². The van der Waals surface area contributed by atoms with Crippen LogP contribution in [0.5, 0.6) is 11.5 Å². The Morgan fingerprint density at radius 1 is 1.19 bits per heavy atom. The molecule has 3 rings (SSSR count). The van der Waals surface area contributed by atoms with Gasteiger partial charge < -0.3 is 25.4 Å². The number of hydrogen-bond donors (Lipinski definition) is 3. The van der Waals surface area contributed by atoms with E-state index in [-0.39, 0.29) is 5.91 Å². The highest BCUT2D eigenvalue weighted by Crippen LogP contribution is 2.35. The summed E-state index contributed by atoms with van der Waals surface area (Å²) < 4.78 is 10.7. The molecule has 1 aliphatic rings. The molecule has 8 nitrogen and oxygen atoms in total. The minimum absolute atomic E-state index is 0.354. The second-order valence-corrected chi connectivity index (χ2v) is 5.85. The topological polar surface area (TPSA) is 102 Å². The molecule has 1 aromatic heterocycles. The van der Waals surface area contributed by atoms with E-state index in [1.54, 1.807) is 56.6 Å². The number of allylic oxidation sites excluding steroid dienone is 1. The molecule has 2 heterocycles. The van der Waals surface area contributed by atoms with Crippen LogP contribution in [0.15, 0.2) is 53.9 Å². The highest BCUT2D eigenvalue weighted by atomic mass is 16.5. The van der Waals surface area contributed by atoms with E-state index < -0.39 is 12.1 Å². The minimum atomic E-state index is -0.715. The summed E-state index contributed by atoms with van der Waals surface area (Å²) >= 11 is 0. The van der Waals surface area contributed by atoms with Crippen LogP contribution in [0.2, 0.25) is 0 Å². The van der Waals surface area contributed by atoms with Gasteiger partial charge in [0.25, 0.3) is 5.91 Å². The third kappa shape index (κ3) is 3.84. The van der Waals surface area contributed by atoms with E-state index in [1.807, 2.05) is 0 Å². The predicted molar refractivity (Wildman–Crippen MR) is 99.5 cm³/mol. The maximum atomic E-state index is 13.0. The number of methoxy groups -OCH3 is 2. The van der Waals surface area contributed by atoms with E-state index in [2.05, 4.69) is 20.9 Å². The van der Waals surface area contributed by atoms with Crippen molar-refractivity contribution in [2.45, 2.75) is 13.0 Å². The lowest BCUT2D eigenvalue weighted by Crippen LogP contribution is -2.46. The molecule has 0 saturated heterocycles. The van der Waals surface area contributed by atoms with Gasteiger partial charge in [0.2, 0.25) is 0 Å². The van der Waals surface area contributed by atoms with Crippen molar-refractivity contribution in [3.8, 4) is 11.5 Å². The maximum absolute atomic E-state index is 13.0. The monoisotopic (exact) mass is 368 g/mol. The normalized spacial score (nSPS) is 16.3. The summed E-state index contributed by atoms with van der Waals surface area (Å²) in [5.74, 6) is 1.14. The van der Waals surface area contributed by atoms with E-state index >= 15 is 0 Å². The van der Waals surface area contributed by atoms with E-state index in [1.165, 1.54) is 7.11 Å². The zero-order chi connectivity index (χ0) is 19.4. The van der Waals surface area contributed by atoms with E-state index in [0.29, 0.717) is 34.2 Å². The van der Waals surface area contributed by atoms with Gasteiger partial charge in [-0.05, 0) is 37.3 Å². The van der Waals surface area contributed by atoms with Crippen LogP contribution < -0.4 is 25.4 Å². The van der Waals surface area contributed by atoms with Gasteiger partial charge in [-0.25, -0.2) is 9.78 Å². The quantitative estimate of drug-likeness (QED) is 0.752. The molecule has 0 radical (unpaired) electrons. The molecule has 0 fully saturated rings. The third-order valence-corrected chi connectivity index (χ3v) is 4.17. The van der Waals surface area contributed by atoms with Gasteiger partial charge in [-0.1, -0.05) is 6.07 Å². The molecule has 2 aromatic rings. The zero-order valence-corrected chi connectivity index (χ0v) is 15.2. The Bertz CT molecular complexity index is 896. The van der Waals surface area contributed by atoms with Gasteiger partial charge in [-0.2, -0.15) is 0 Å². The fraction of sp³-hybridized carbons (Fsp3) is 0.211. The Balaban J connectivity index is 2.03. The molecular weight excluding hydrogens is 348 g/mol. The van der Waals surface area contributed by atoms with Gasteiger partial charge in [0.05, 0.1) is 25.8 Å². The van der Waals surface area contributed by atoms with Gasteiger partial charge in [0.1, 0.15) is 17.3 Å². The van der Waals surface area contributed by atoms with Crippen LogP contribution in [-0.4, -0.2) is 31.1 Å². The Labute approximate surface area is 156 Å². The zero-order valence-electron chi connectivity index (χ0n) is 15.2. The summed E-state index contributed by atoms with van der Waals surface area (Å²) in [6.45, 7) is 1.67. The SMILES string of the molecule is COc1ccc(OC)c(C2NC(=O)NC(C)=C2C(=O)Nc2ccccn2)c1. The Morgan fingerprint density at radius 2 is 2.00 bits per heavy atom. The molecular formula is C19H20N4O4. The summed E-state index contributed by atoms with van der Waals surface area (Å²) in [6, 6.07) is 9.30. The van der Waals surface area contributed by atoms with Crippen molar-refractivity contribution < 1.29 is 19.1 Å². The number of ether oxygens (including phenoxy) is 2. The highest BCUT2D eigenvalue weighted by molar-refractivity contribution is 6.06. The van der Waals surface area contributed by atoms with Crippen LogP contribution in [0.1, 0.15) is 18.5 Å². The van der Waals surface area contributed by atoms with E-state index in [9.17, 15) is 9.59 Å². The summed E-state index contributed by atoms with van der Waals surface area (Å²) in [6.07, 6.45) is 1.58. The summed E-state index contributed by atoms with van der Waals surface area (Å²) in [7, 11) is 3.07. The molecule has 8 heteroatoms. The van der Waals surface area contributed by atoms with Crippen molar-refractivity contribution in [3.63, 3.8) is 0 Å². The van der Waals surface area contributed by atoms with Crippen molar-refractivity contribution in [3.05, 3.63) is 59.4 Å². The third-order valence-electron chi connectivity index (χ3n) is 4.17. The number of amides is 3. The summed E-state index contributed by atoms with van der Waals surface area (Å²) in [5.41, 5.74) is 1.41. The van der Waals surface area contributed by atoms with Crippen molar-refractivity contribution in [2.75, 3.05) is 19.5 Å². The molecule has 0 saturated carbocycles. The number of benzene rings is 1. The molecule has 1 aromatic carbocycles. The van der Waals surface area contributed by atoms with Crippen LogP contribution in [0.3, 0.4) is 0 Å². The van der Waals surface area contributed by atoms with Gasteiger partial charge in [-0.3, -0.25) is 4.79 Å². The molecule has 1 unspecified atom stereocenters. The largest absolute Gasteiger partial charge is 0.497 e. The Hall–Kier alpha value is -3.55. The number of pyridine rings is 1. The van der Waals surface area contributed by atoms with E-state index in [4.69, 9.17) is 9.47 Å². The first-order valence-corrected chi connectivity index (χ1v) is 8.26. The Kier molecular flexibility index (Phi) is 5.25. The number of aromatic nitrogens is 1. The van der Waals surface area contributed by atoms with Gasteiger partial charge in [-0.15, -0.1) is 0 Å². The van der Waals surface area contributed by atoms with Crippen molar-refractivity contribution in [1.29, 1.82) is 0 Å². The van der Waals surface area contributed by atoms with Crippen LogP contribution in [0.4, 0.5) is 10.6 Å². The molecule has 0 bridgehead atoms. The summed E-state index contributed by atoms with van der Waals surface area (Å²) in [4.78, 5) is 29.1. The molecule has 1 aliphatic heterocycles. The van der Waals surface area contributed by atoms with Crippen molar-refractivity contribution >= 4 is 17.8 Å². The molecule has 27 heavy (non-hydrogen) atoms. The average Bonchev–Trinajstić information content (AvgIpc) is 2.67. The number of hydrogen-bond acceptors (Lipinski definition) is 5. The Morgan fingerprint density at radius 3 is 2.67 bits per heavy atom. The molecule has 0 aliphatic carbocycles. The number of urea groups is 1. The smallest absolute Gasteiger partial charge is 0.319 e. The lowest BCUT2D eigenvalue weighted by molar-refractivity contribution is -0.113. The maximum Gasteiger partial charge on any atom is 0.319 e. The van der Waals surface area contributed by atoms with Crippen LogP contribution in [-0.2, 0) is 4.79 Å². The van der Waals surface area contributed by atoms with Gasteiger partial charge >= 0.3 is 6.03 Å². The minimum Gasteiger partial charge on any atom is -0.497 e. The summed E-state index contributed by atoms with van der Waals surface area (Å²) in [5, 5.41) is 8.17. The fourth-order valence-electron chi connectivity index (χ4n) is 2.91. The van der Waals surface area contributed by atoms with E-state index in [0.717, 1.165) is 0 Å². The lowest BCUT2D eigenvalue weighted by Gasteiger charge is -2.29. The highest BCUT2D eigenvalue weighted by Gasteiger charge is 2.33. The number of anilines is 1. The number of carbonyl (C=O) groups is 2. The van der Waals surface area contributed by atoms with Crippen LogP contribution in [0.25, 0.3) is 0 Å². The fourth-order valence-corrected chi connectivity index (χ4v) is 2.91. The lowest BCUT2D eigenvalue weighted by atomic mass is 9.94. The first-order valence-electron chi connectivity index (χ1n) is 8.26. The van der Waals surface area contributed by atoms with Gasteiger partial charge in [0, 0.05) is 17.5 Å². The number of nitrogens with one attached hydrogen (secondary N) is 3. The molecule has 3 N–H and O–H groups in total. The molecule has 3 amide bonds. The number of nitrogens with zero attached hydrogens (tertiary/aromatic N) is 1. The predicted octanol–water partition coefficient (Wildman–Crippen LogP) is 2.37. The van der Waals surface area contributed by atoms with Gasteiger partial charge in [0.15, 0.2) is 0 Å². The standard InChI is InChI=1S/C19H20N4O4/c1-11-16(18(24)22-15-6-4-5-9-20-15)17(23-19(25)21-11)13-10-12(26-2)7-8-14(13)27-3/h4-10,17H,1-3H3,(H,20,22,24)(H2,21,23,25). The van der Waals surface area contributed by atoms with Crippen LogP contribution >= 0.6 is 0 Å². The average molecular weight is 368 g/mol. The van der Waals surface area contributed by atoms with Crippen molar-refractivity contribution in [2.24, 2.45) is 0 Å². The number of rotatable bonds is 5.